The topological polar surface area (TPSA) is 46.3 Å². The van der Waals surface area contributed by atoms with Gasteiger partial charge in [-0.05, 0) is 40.9 Å². The molecular weight excluding hydrogens is 304 g/mol. The second-order valence-corrected chi connectivity index (χ2v) is 5.57. The van der Waals surface area contributed by atoms with Gasteiger partial charge in [-0.1, -0.05) is 31.5 Å². The Morgan fingerprint density at radius 2 is 2.00 bits per heavy atom. The highest BCUT2D eigenvalue weighted by molar-refractivity contribution is 7.07. The zero-order chi connectivity index (χ0) is 14.4. The fourth-order valence-electron chi connectivity index (χ4n) is 2.10. The number of carbonyl (C=O) groups excluding carboxylic acids is 1. The number of amides is 1. The predicted molar refractivity (Wildman–Crippen MR) is 92.1 cm³/mol. The minimum atomic E-state index is -0.432. The van der Waals surface area contributed by atoms with Crippen molar-refractivity contribution in [2.45, 2.75) is 32.4 Å². The maximum absolute atomic E-state index is 12.6. The highest BCUT2D eigenvalue weighted by atomic mass is 35.5. The van der Waals surface area contributed by atoms with Gasteiger partial charge in [0, 0.05) is 5.69 Å². The lowest BCUT2D eigenvalue weighted by Gasteiger charge is -2.25. The lowest BCUT2D eigenvalue weighted by atomic mass is 10.1. The molecule has 114 valence electrons. The van der Waals surface area contributed by atoms with Gasteiger partial charge in [-0.25, -0.2) is 0 Å². The SMILES string of the molecule is CCCC(N)C(=O)N(Cc1ccsc1)c1ccccc1.Cl. The third kappa shape index (κ3) is 4.84. The van der Waals surface area contributed by atoms with Crippen molar-refractivity contribution >= 4 is 35.3 Å². The minimum Gasteiger partial charge on any atom is -0.320 e. The van der Waals surface area contributed by atoms with E-state index in [0.717, 1.165) is 17.7 Å². The largest absolute Gasteiger partial charge is 0.320 e. The molecule has 1 amide bonds. The van der Waals surface area contributed by atoms with Crippen molar-refractivity contribution in [2.75, 3.05) is 4.90 Å². The molecule has 0 saturated heterocycles. The summed E-state index contributed by atoms with van der Waals surface area (Å²) in [6.45, 7) is 2.61. The number of hydrogen-bond donors (Lipinski definition) is 1. The van der Waals surface area contributed by atoms with Crippen LogP contribution < -0.4 is 10.6 Å². The molecule has 3 nitrogen and oxygen atoms in total. The summed E-state index contributed by atoms with van der Waals surface area (Å²) in [5.41, 5.74) is 8.04. The highest BCUT2D eigenvalue weighted by Crippen LogP contribution is 2.19. The Kier molecular flexibility index (Phi) is 7.43. The Bertz CT molecular complexity index is 530. The molecule has 1 aromatic carbocycles. The lowest BCUT2D eigenvalue weighted by molar-refractivity contribution is -0.120. The van der Waals surface area contributed by atoms with E-state index in [0.29, 0.717) is 13.0 Å². The first-order chi connectivity index (χ1) is 9.72. The van der Waals surface area contributed by atoms with Gasteiger partial charge in [-0.15, -0.1) is 12.4 Å². The molecule has 2 N–H and O–H groups in total. The first-order valence-corrected chi connectivity index (χ1v) is 7.79. The fourth-order valence-corrected chi connectivity index (χ4v) is 2.76. The molecule has 1 aromatic heterocycles. The van der Waals surface area contributed by atoms with Crippen LogP contribution in [0.1, 0.15) is 25.3 Å². The van der Waals surface area contributed by atoms with Gasteiger partial charge in [0.25, 0.3) is 0 Å². The summed E-state index contributed by atoms with van der Waals surface area (Å²) in [5, 5.41) is 4.09. The van der Waals surface area contributed by atoms with E-state index >= 15 is 0 Å². The third-order valence-electron chi connectivity index (χ3n) is 3.17. The van der Waals surface area contributed by atoms with Gasteiger partial charge in [0.05, 0.1) is 12.6 Å². The molecule has 0 saturated carbocycles. The third-order valence-corrected chi connectivity index (χ3v) is 3.90. The average Bonchev–Trinajstić information content (AvgIpc) is 2.98. The summed E-state index contributed by atoms with van der Waals surface area (Å²) >= 11 is 1.64. The summed E-state index contributed by atoms with van der Waals surface area (Å²) in [4.78, 5) is 14.3. The normalized spacial score (nSPS) is 11.5. The molecule has 0 aliphatic rings. The summed E-state index contributed by atoms with van der Waals surface area (Å²) in [6.07, 6.45) is 1.62. The number of halogens is 1. The van der Waals surface area contributed by atoms with Crippen molar-refractivity contribution in [3.63, 3.8) is 0 Å². The molecule has 2 aromatic rings. The molecule has 0 bridgehead atoms. The van der Waals surface area contributed by atoms with Crippen LogP contribution in [0.2, 0.25) is 0 Å². The van der Waals surface area contributed by atoms with E-state index < -0.39 is 6.04 Å². The van der Waals surface area contributed by atoms with E-state index in [1.54, 1.807) is 16.2 Å². The number of thiophene rings is 1. The van der Waals surface area contributed by atoms with E-state index in [9.17, 15) is 4.79 Å². The molecule has 1 atom stereocenters. The van der Waals surface area contributed by atoms with E-state index in [4.69, 9.17) is 5.73 Å². The van der Waals surface area contributed by atoms with Gasteiger partial charge in [0.1, 0.15) is 0 Å². The van der Waals surface area contributed by atoms with Gasteiger partial charge < -0.3 is 10.6 Å². The predicted octanol–water partition coefficient (Wildman–Crippen LogP) is 3.83. The van der Waals surface area contributed by atoms with E-state index in [1.807, 2.05) is 48.7 Å². The second kappa shape index (κ2) is 8.82. The number of anilines is 1. The van der Waals surface area contributed by atoms with Crippen LogP contribution in [-0.4, -0.2) is 11.9 Å². The molecule has 0 aliphatic carbocycles. The van der Waals surface area contributed by atoms with Crippen LogP contribution in [0, 0.1) is 0 Å². The monoisotopic (exact) mass is 324 g/mol. The quantitative estimate of drug-likeness (QED) is 0.877. The van der Waals surface area contributed by atoms with Crippen LogP contribution >= 0.6 is 23.7 Å². The zero-order valence-electron chi connectivity index (χ0n) is 12.1. The van der Waals surface area contributed by atoms with Crippen LogP contribution in [0.25, 0.3) is 0 Å². The number of nitrogens with two attached hydrogens (primary N) is 1. The molecule has 21 heavy (non-hydrogen) atoms. The molecule has 1 heterocycles. The van der Waals surface area contributed by atoms with Crippen molar-refractivity contribution in [1.29, 1.82) is 0 Å². The maximum Gasteiger partial charge on any atom is 0.244 e. The van der Waals surface area contributed by atoms with Crippen molar-refractivity contribution < 1.29 is 4.79 Å². The Morgan fingerprint density at radius 1 is 1.29 bits per heavy atom. The van der Waals surface area contributed by atoms with Crippen molar-refractivity contribution in [2.24, 2.45) is 5.73 Å². The Balaban J connectivity index is 0.00000220. The molecule has 0 spiro atoms. The Morgan fingerprint density at radius 3 is 2.57 bits per heavy atom. The first-order valence-electron chi connectivity index (χ1n) is 6.85. The standard InChI is InChI=1S/C16H20N2OS.ClH/c1-2-6-15(17)16(19)18(11-13-9-10-20-12-13)14-7-4-3-5-8-14;/h3-5,7-10,12,15H,2,6,11,17H2,1H3;1H. The van der Waals surface area contributed by atoms with Gasteiger partial charge in [0.15, 0.2) is 0 Å². The van der Waals surface area contributed by atoms with E-state index in [2.05, 4.69) is 5.38 Å². The van der Waals surface area contributed by atoms with Crippen LogP contribution in [0.5, 0.6) is 0 Å². The van der Waals surface area contributed by atoms with Crippen LogP contribution in [0.15, 0.2) is 47.2 Å². The smallest absolute Gasteiger partial charge is 0.244 e. The van der Waals surface area contributed by atoms with E-state index in [1.165, 1.54) is 0 Å². The maximum atomic E-state index is 12.6. The van der Waals surface area contributed by atoms with Gasteiger partial charge in [0.2, 0.25) is 5.91 Å². The van der Waals surface area contributed by atoms with Crippen LogP contribution in [0.4, 0.5) is 5.69 Å². The second-order valence-electron chi connectivity index (χ2n) is 4.79. The van der Waals surface area contributed by atoms with Crippen molar-refractivity contribution in [1.82, 2.24) is 0 Å². The Hall–Kier alpha value is -1.36. The molecule has 0 radical (unpaired) electrons. The van der Waals surface area contributed by atoms with Crippen LogP contribution in [0.3, 0.4) is 0 Å². The van der Waals surface area contributed by atoms with Crippen molar-refractivity contribution in [3.8, 4) is 0 Å². The summed E-state index contributed by atoms with van der Waals surface area (Å²) in [7, 11) is 0. The molecular formula is C16H21ClN2OS. The van der Waals surface area contributed by atoms with Gasteiger partial charge >= 0.3 is 0 Å². The molecule has 0 fully saturated rings. The van der Waals surface area contributed by atoms with Gasteiger partial charge in [-0.2, -0.15) is 11.3 Å². The van der Waals surface area contributed by atoms with Crippen molar-refractivity contribution in [3.05, 3.63) is 52.7 Å². The molecule has 0 aliphatic heterocycles. The Labute approximate surface area is 136 Å². The number of hydrogen-bond acceptors (Lipinski definition) is 3. The molecule has 1 unspecified atom stereocenters. The first kappa shape index (κ1) is 17.7. The zero-order valence-corrected chi connectivity index (χ0v) is 13.7. The number of nitrogens with zero attached hydrogens (tertiary/aromatic N) is 1. The fraction of sp³-hybridized carbons (Fsp3) is 0.312. The highest BCUT2D eigenvalue weighted by Gasteiger charge is 2.22. The average molecular weight is 325 g/mol. The van der Waals surface area contributed by atoms with Crippen LogP contribution in [-0.2, 0) is 11.3 Å². The summed E-state index contributed by atoms with van der Waals surface area (Å²) in [5.74, 6) is -0.00995. The number of carbonyl (C=O) groups is 1. The minimum absolute atomic E-state index is 0. The van der Waals surface area contributed by atoms with Gasteiger partial charge in [-0.3, -0.25) is 4.79 Å². The number of rotatable bonds is 6. The van der Waals surface area contributed by atoms with E-state index in [-0.39, 0.29) is 18.3 Å². The number of para-hydroxylation sites is 1. The number of benzene rings is 1. The molecule has 5 heteroatoms. The summed E-state index contributed by atoms with van der Waals surface area (Å²) in [6, 6.07) is 11.3. The lowest BCUT2D eigenvalue weighted by Crippen LogP contribution is -2.43. The molecule has 2 rings (SSSR count). The summed E-state index contributed by atoms with van der Waals surface area (Å²) < 4.78 is 0.